The Balaban J connectivity index is 2.17. The maximum absolute atomic E-state index is 12.7. The van der Waals surface area contributed by atoms with Gasteiger partial charge in [0.15, 0.2) is 9.84 Å². The molecule has 0 unspecified atom stereocenters. The summed E-state index contributed by atoms with van der Waals surface area (Å²) < 4.78 is 23.2. The third kappa shape index (κ3) is 5.23. The van der Waals surface area contributed by atoms with Gasteiger partial charge in [-0.3, -0.25) is 4.79 Å². The number of carbonyl (C=O) groups is 1. The summed E-state index contributed by atoms with van der Waals surface area (Å²) in [5.74, 6) is 0.183. The second-order valence-corrected chi connectivity index (χ2v) is 9.28. The van der Waals surface area contributed by atoms with Crippen molar-refractivity contribution in [2.75, 3.05) is 16.9 Å². The predicted molar refractivity (Wildman–Crippen MR) is 104 cm³/mol. The normalized spacial score (nSPS) is 11.6. The zero-order chi connectivity index (χ0) is 18.6. The minimum atomic E-state index is -3.26. The Kier molecular flexibility index (Phi) is 6.54. The van der Waals surface area contributed by atoms with Crippen LogP contribution in [0.4, 0.5) is 5.69 Å². The Morgan fingerprint density at radius 1 is 1.12 bits per heavy atom. The predicted octanol–water partition coefficient (Wildman–Crippen LogP) is 4.28. The van der Waals surface area contributed by atoms with Crippen LogP contribution in [0.5, 0.6) is 0 Å². The fraction of sp³-hybridized carbons (Fsp3) is 0.278. The van der Waals surface area contributed by atoms with Crippen LogP contribution in [0.25, 0.3) is 0 Å². The molecule has 0 N–H and O–H groups in total. The number of hydrogen-bond donors (Lipinski definition) is 0. The number of amides is 1. The number of nitrogens with zero attached hydrogens (tertiary/aromatic N) is 1. The Morgan fingerprint density at radius 2 is 1.72 bits per heavy atom. The van der Waals surface area contributed by atoms with Crippen LogP contribution < -0.4 is 4.90 Å². The van der Waals surface area contributed by atoms with E-state index in [9.17, 15) is 13.2 Å². The Labute approximate surface area is 158 Å². The van der Waals surface area contributed by atoms with Crippen LogP contribution in [-0.4, -0.2) is 32.4 Å². The first-order valence-electron chi connectivity index (χ1n) is 7.69. The number of sulfone groups is 1. The summed E-state index contributed by atoms with van der Waals surface area (Å²) in [6, 6.07) is 13.7. The molecule has 0 aliphatic carbocycles. The van der Waals surface area contributed by atoms with E-state index in [2.05, 4.69) is 0 Å². The van der Waals surface area contributed by atoms with Crippen molar-refractivity contribution in [2.45, 2.75) is 29.7 Å². The molecule has 1 amide bonds. The minimum Gasteiger partial charge on any atom is -0.309 e. The summed E-state index contributed by atoms with van der Waals surface area (Å²) in [5, 5.41) is 0.619. The molecule has 0 saturated carbocycles. The van der Waals surface area contributed by atoms with Gasteiger partial charge in [0.2, 0.25) is 5.91 Å². The zero-order valence-electron chi connectivity index (χ0n) is 14.3. The zero-order valence-corrected chi connectivity index (χ0v) is 16.7. The highest BCUT2D eigenvalue weighted by atomic mass is 35.5. The van der Waals surface area contributed by atoms with Crippen LogP contribution >= 0.6 is 23.4 Å². The van der Waals surface area contributed by atoms with Crippen molar-refractivity contribution in [3.63, 3.8) is 0 Å². The van der Waals surface area contributed by atoms with E-state index in [-0.39, 0.29) is 22.6 Å². The highest BCUT2D eigenvalue weighted by Gasteiger charge is 2.20. The van der Waals surface area contributed by atoms with Crippen molar-refractivity contribution in [2.24, 2.45) is 0 Å². The van der Waals surface area contributed by atoms with Gasteiger partial charge >= 0.3 is 0 Å². The molecule has 0 aliphatic heterocycles. The fourth-order valence-electron chi connectivity index (χ4n) is 2.35. The monoisotopic (exact) mass is 397 g/mol. The molecule has 0 spiro atoms. The quantitative estimate of drug-likeness (QED) is 0.683. The second-order valence-electron chi connectivity index (χ2n) is 5.84. The molecular weight excluding hydrogens is 378 g/mol. The molecule has 0 fully saturated rings. The van der Waals surface area contributed by atoms with Crippen molar-refractivity contribution in [1.29, 1.82) is 0 Å². The Bertz CT molecular complexity index is 849. The first-order chi connectivity index (χ1) is 11.7. The van der Waals surface area contributed by atoms with E-state index >= 15 is 0 Å². The molecule has 0 radical (unpaired) electrons. The van der Waals surface area contributed by atoms with E-state index < -0.39 is 9.84 Å². The summed E-state index contributed by atoms with van der Waals surface area (Å²) in [6.45, 7) is 3.84. The van der Waals surface area contributed by atoms with Gasteiger partial charge in [-0.15, -0.1) is 11.8 Å². The molecule has 0 aromatic heterocycles. The molecular formula is C18H20ClNO3S2. The van der Waals surface area contributed by atoms with Crippen molar-refractivity contribution >= 4 is 44.8 Å². The molecule has 7 heteroatoms. The van der Waals surface area contributed by atoms with Gasteiger partial charge in [0, 0.05) is 22.9 Å². The molecule has 134 valence electrons. The highest BCUT2D eigenvalue weighted by molar-refractivity contribution is 8.00. The molecule has 0 aliphatic rings. The second kappa shape index (κ2) is 8.25. The molecule has 0 bridgehead atoms. The van der Waals surface area contributed by atoms with Gasteiger partial charge < -0.3 is 4.90 Å². The number of benzene rings is 2. The maximum atomic E-state index is 12.7. The SMILES string of the molecule is CC(C)N(C(=O)CSc1ccccc1Cl)c1ccc(S(C)(=O)=O)cc1. The van der Waals surface area contributed by atoms with Gasteiger partial charge in [-0.1, -0.05) is 23.7 Å². The van der Waals surface area contributed by atoms with Crippen LogP contribution in [0.1, 0.15) is 13.8 Å². The third-order valence-electron chi connectivity index (χ3n) is 3.52. The van der Waals surface area contributed by atoms with Gasteiger partial charge in [0.25, 0.3) is 0 Å². The lowest BCUT2D eigenvalue weighted by molar-refractivity contribution is -0.116. The van der Waals surface area contributed by atoms with Crippen LogP contribution in [0.15, 0.2) is 58.3 Å². The largest absolute Gasteiger partial charge is 0.309 e. The highest BCUT2D eigenvalue weighted by Crippen LogP contribution is 2.28. The summed E-state index contributed by atoms with van der Waals surface area (Å²) in [6.07, 6.45) is 1.16. The van der Waals surface area contributed by atoms with Crippen molar-refractivity contribution in [3.8, 4) is 0 Å². The summed E-state index contributed by atoms with van der Waals surface area (Å²) in [4.78, 5) is 15.4. The van der Waals surface area contributed by atoms with E-state index in [1.807, 2.05) is 32.0 Å². The van der Waals surface area contributed by atoms with Crippen LogP contribution in [-0.2, 0) is 14.6 Å². The molecule has 4 nitrogen and oxygen atoms in total. The van der Waals surface area contributed by atoms with E-state index in [1.165, 1.54) is 23.9 Å². The number of halogens is 1. The first-order valence-corrected chi connectivity index (χ1v) is 10.9. The van der Waals surface area contributed by atoms with Gasteiger partial charge in [0.05, 0.1) is 15.7 Å². The molecule has 2 aromatic carbocycles. The van der Waals surface area contributed by atoms with Gasteiger partial charge in [0.1, 0.15) is 0 Å². The van der Waals surface area contributed by atoms with Crippen LogP contribution in [0.3, 0.4) is 0 Å². The summed E-state index contributed by atoms with van der Waals surface area (Å²) in [5.41, 5.74) is 0.673. The average Bonchev–Trinajstić information content (AvgIpc) is 2.53. The number of hydrogen-bond acceptors (Lipinski definition) is 4. The molecule has 2 aromatic rings. The molecule has 0 atom stereocenters. The van der Waals surface area contributed by atoms with E-state index in [0.717, 1.165) is 11.2 Å². The van der Waals surface area contributed by atoms with Crippen molar-refractivity contribution < 1.29 is 13.2 Å². The third-order valence-corrected chi connectivity index (χ3v) is 6.14. The molecule has 0 saturated heterocycles. The van der Waals surface area contributed by atoms with E-state index in [1.54, 1.807) is 23.1 Å². The molecule has 25 heavy (non-hydrogen) atoms. The fourth-order valence-corrected chi connectivity index (χ4v) is 4.08. The lowest BCUT2D eigenvalue weighted by atomic mass is 10.2. The number of rotatable bonds is 6. The topological polar surface area (TPSA) is 54.5 Å². The Morgan fingerprint density at radius 3 is 2.24 bits per heavy atom. The van der Waals surface area contributed by atoms with Crippen molar-refractivity contribution in [3.05, 3.63) is 53.6 Å². The lowest BCUT2D eigenvalue weighted by Crippen LogP contribution is -2.38. The minimum absolute atomic E-state index is 0.0524. The number of thioether (sulfide) groups is 1. The maximum Gasteiger partial charge on any atom is 0.237 e. The Hall–Kier alpha value is -1.50. The molecule has 0 heterocycles. The summed E-state index contributed by atoms with van der Waals surface area (Å²) >= 11 is 7.51. The standard InChI is InChI=1S/C18H20ClNO3S2/c1-13(2)20(14-8-10-15(11-9-14)25(3,22)23)18(21)12-24-17-7-5-4-6-16(17)19/h4-11,13H,12H2,1-3H3. The van der Waals surface area contributed by atoms with Crippen LogP contribution in [0, 0.1) is 0 Å². The number of anilines is 1. The van der Waals surface area contributed by atoms with E-state index in [0.29, 0.717) is 10.7 Å². The van der Waals surface area contributed by atoms with Crippen LogP contribution in [0.2, 0.25) is 5.02 Å². The average molecular weight is 398 g/mol. The van der Waals surface area contributed by atoms with Crippen molar-refractivity contribution in [1.82, 2.24) is 0 Å². The van der Waals surface area contributed by atoms with E-state index in [4.69, 9.17) is 11.6 Å². The first kappa shape index (κ1) is 19.8. The summed E-state index contributed by atoms with van der Waals surface area (Å²) in [7, 11) is -3.26. The van der Waals surface area contributed by atoms with Gasteiger partial charge in [-0.25, -0.2) is 8.42 Å². The lowest BCUT2D eigenvalue weighted by Gasteiger charge is -2.27. The molecule has 2 rings (SSSR count). The number of carbonyl (C=O) groups excluding carboxylic acids is 1. The smallest absolute Gasteiger partial charge is 0.237 e. The van der Waals surface area contributed by atoms with Gasteiger partial charge in [-0.2, -0.15) is 0 Å². The van der Waals surface area contributed by atoms with Gasteiger partial charge in [-0.05, 0) is 50.2 Å².